The highest BCUT2D eigenvalue weighted by molar-refractivity contribution is 6.36. The summed E-state index contributed by atoms with van der Waals surface area (Å²) in [5, 5.41) is 6.83. The van der Waals surface area contributed by atoms with E-state index in [2.05, 4.69) is 15.0 Å². The number of benzene rings is 1. The number of anilines is 1. The van der Waals surface area contributed by atoms with Gasteiger partial charge in [0.1, 0.15) is 12.8 Å². The Labute approximate surface area is 143 Å². The van der Waals surface area contributed by atoms with Crippen LogP contribution in [0.15, 0.2) is 35.1 Å². The average Bonchev–Trinajstić information content (AvgIpc) is 2.99. The fourth-order valence-corrected chi connectivity index (χ4v) is 2.48. The predicted octanol–water partition coefficient (Wildman–Crippen LogP) is 3.47. The molecule has 2 rings (SSSR count). The van der Waals surface area contributed by atoms with Crippen LogP contribution in [0.3, 0.4) is 0 Å². The van der Waals surface area contributed by atoms with Crippen molar-refractivity contribution in [1.29, 1.82) is 0 Å². The van der Waals surface area contributed by atoms with E-state index < -0.39 is 0 Å². The Balaban J connectivity index is 2.10. The second-order valence-corrected chi connectivity index (χ2v) is 5.63. The number of amides is 2. The van der Waals surface area contributed by atoms with Gasteiger partial charge >= 0.3 is 0 Å². The Hall–Kier alpha value is -2.05. The van der Waals surface area contributed by atoms with Gasteiger partial charge in [-0.2, -0.15) is 0 Å². The molecule has 0 aliphatic heterocycles. The smallest absolute Gasteiger partial charge is 0.255 e. The molecule has 0 saturated heterocycles. The molecule has 1 aromatic carbocycles. The number of halogens is 2. The zero-order valence-corrected chi connectivity index (χ0v) is 13.9. The molecule has 0 saturated carbocycles. The number of rotatable bonds is 6. The van der Waals surface area contributed by atoms with Gasteiger partial charge in [0.2, 0.25) is 5.91 Å². The van der Waals surface area contributed by atoms with Gasteiger partial charge < -0.3 is 14.7 Å². The lowest BCUT2D eigenvalue weighted by Crippen LogP contribution is -2.38. The Bertz CT molecular complexity index is 689. The number of nitrogens with one attached hydrogen (secondary N) is 1. The van der Waals surface area contributed by atoms with Crippen molar-refractivity contribution in [1.82, 2.24) is 10.1 Å². The zero-order valence-electron chi connectivity index (χ0n) is 12.4. The van der Waals surface area contributed by atoms with E-state index in [0.29, 0.717) is 29.4 Å². The molecule has 0 bridgehead atoms. The van der Waals surface area contributed by atoms with E-state index in [9.17, 15) is 9.59 Å². The first-order valence-electron chi connectivity index (χ1n) is 6.95. The van der Waals surface area contributed by atoms with Crippen LogP contribution in [0.25, 0.3) is 0 Å². The normalized spacial score (nSPS) is 10.4. The van der Waals surface area contributed by atoms with E-state index in [0.717, 1.165) is 0 Å². The van der Waals surface area contributed by atoms with Crippen LogP contribution in [0.4, 0.5) is 5.82 Å². The summed E-state index contributed by atoms with van der Waals surface area (Å²) >= 11 is 11.9. The Morgan fingerprint density at radius 2 is 2.09 bits per heavy atom. The maximum atomic E-state index is 12.6. The monoisotopic (exact) mass is 355 g/mol. The van der Waals surface area contributed by atoms with Crippen LogP contribution < -0.4 is 5.32 Å². The quantitative estimate of drug-likeness (QED) is 0.860. The summed E-state index contributed by atoms with van der Waals surface area (Å²) in [6, 6.07) is 6.14. The van der Waals surface area contributed by atoms with Crippen LogP contribution in [0.5, 0.6) is 0 Å². The number of carbonyl (C=O) groups excluding carboxylic acids is 2. The minimum Gasteiger partial charge on any atom is -0.363 e. The first kappa shape index (κ1) is 17.3. The fraction of sp³-hybridized carbons (Fsp3) is 0.267. The molecule has 1 heterocycles. The second-order valence-electron chi connectivity index (χ2n) is 4.78. The molecule has 122 valence electrons. The molecule has 0 aliphatic rings. The van der Waals surface area contributed by atoms with Gasteiger partial charge in [-0.3, -0.25) is 9.59 Å². The first-order valence-corrected chi connectivity index (χ1v) is 7.71. The fourth-order valence-electron chi connectivity index (χ4n) is 1.99. The molecule has 0 radical (unpaired) electrons. The molecule has 0 unspecified atom stereocenters. The van der Waals surface area contributed by atoms with Crippen molar-refractivity contribution in [2.75, 3.05) is 18.4 Å². The maximum Gasteiger partial charge on any atom is 0.255 e. The molecule has 0 fully saturated rings. The lowest BCUT2D eigenvalue weighted by molar-refractivity contribution is -0.116. The largest absolute Gasteiger partial charge is 0.363 e. The summed E-state index contributed by atoms with van der Waals surface area (Å²) in [7, 11) is 0. The van der Waals surface area contributed by atoms with Crippen molar-refractivity contribution < 1.29 is 14.1 Å². The Morgan fingerprint density at radius 1 is 1.30 bits per heavy atom. The van der Waals surface area contributed by atoms with Crippen LogP contribution in [-0.2, 0) is 4.79 Å². The maximum absolute atomic E-state index is 12.6. The SMILES string of the molecule is CCCN(CC(=O)Nc1ccon1)C(=O)c1ccc(Cl)cc1Cl. The van der Waals surface area contributed by atoms with Crippen LogP contribution in [0.1, 0.15) is 23.7 Å². The minimum absolute atomic E-state index is 0.113. The highest BCUT2D eigenvalue weighted by Crippen LogP contribution is 2.22. The highest BCUT2D eigenvalue weighted by atomic mass is 35.5. The molecule has 1 N–H and O–H groups in total. The van der Waals surface area contributed by atoms with Gasteiger partial charge in [0.25, 0.3) is 5.91 Å². The molecule has 0 atom stereocenters. The van der Waals surface area contributed by atoms with Gasteiger partial charge in [-0.05, 0) is 24.6 Å². The summed E-state index contributed by atoms with van der Waals surface area (Å²) in [5.41, 5.74) is 0.304. The predicted molar refractivity (Wildman–Crippen MR) is 87.8 cm³/mol. The topological polar surface area (TPSA) is 75.4 Å². The standard InChI is InChI=1S/C15H15Cl2N3O3/c1-2-6-20(9-14(21)18-13-5-7-23-19-13)15(22)11-4-3-10(16)8-12(11)17/h3-5,7-8H,2,6,9H2,1H3,(H,18,19,21). The molecule has 2 aromatic rings. The van der Waals surface area contributed by atoms with E-state index in [1.165, 1.54) is 23.3 Å². The third-order valence-corrected chi connectivity index (χ3v) is 3.53. The van der Waals surface area contributed by atoms with Crippen molar-refractivity contribution in [3.63, 3.8) is 0 Å². The van der Waals surface area contributed by atoms with Crippen LogP contribution >= 0.6 is 23.2 Å². The molecule has 23 heavy (non-hydrogen) atoms. The molecular formula is C15H15Cl2N3O3. The lowest BCUT2D eigenvalue weighted by Gasteiger charge is -2.22. The second kappa shape index (κ2) is 7.99. The van der Waals surface area contributed by atoms with Crippen LogP contribution in [0.2, 0.25) is 10.0 Å². The van der Waals surface area contributed by atoms with Crippen LogP contribution in [-0.4, -0.2) is 35.0 Å². The Kier molecular flexibility index (Phi) is 6.01. The average molecular weight is 356 g/mol. The number of hydrogen-bond donors (Lipinski definition) is 1. The van der Waals surface area contributed by atoms with Crippen LogP contribution in [0, 0.1) is 0 Å². The zero-order chi connectivity index (χ0) is 16.8. The van der Waals surface area contributed by atoms with E-state index >= 15 is 0 Å². The molecule has 0 spiro atoms. The molecule has 8 heteroatoms. The third kappa shape index (κ3) is 4.71. The van der Waals surface area contributed by atoms with Gasteiger partial charge in [0.05, 0.1) is 10.6 Å². The number of hydrogen-bond acceptors (Lipinski definition) is 4. The number of carbonyl (C=O) groups is 2. The van der Waals surface area contributed by atoms with Gasteiger partial charge in [0, 0.05) is 17.6 Å². The van der Waals surface area contributed by atoms with E-state index in [4.69, 9.17) is 23.2 Å². The van der Waals surface area contributed by atoms with Crippen molar-refractivity contribution in [2.24, 2.45) is 0 Å². The van der Waals surface area contributed by atoms with Gasteiger partial charge in [-0.25, -0.2) is 0 Å². The summed E-state index contributed by atoms with van der Waals surface area (Å²) in [5.74, 6) is -0.405. The molecule has 2 amide bonds. The number of aromatic nitrogens is 1. The molecule has 0 aliphatic carbocycles. The minimum atomic E-state index is -0.370. The molecule has 1 aromatic heterocycles. The van der Waals surface area contributed by atoms with Gasteiger partial charge in [-0.1, -0.05) is 35.3 Å². The molecular weight excluding hydrogens is 341 g/mol. The summed E-state index contributed by atoms with van der Waals surface area (Å²) in [4.78, 5) is 26.0. The first-order chi connectivity index (χ1) is 11.0. The number of nitrogens with zero attached hydrogens (tertiary/aromatic N) is 2. The van der Waals surface area contributed by atoms with Crippen molar-refractivity contribution >= 4 is 40.8 Å². The van der Waals surface area contributed by atoms with Crippen molar-refractivity contribution in [3.05, 3.63) is 46.1 Å². The van der Waals surface area contributed by atoms with Crippen molar-refractivity contribution in [2.45, 2.75) is 13.3 Å². The van der Waals surface area contributed by atoms with E-state index in [-0.39, 0.29) is 23.4 Å². The summed E-state index contributed by atoms with van der Waals surface area (Å²) in [6.07, 6.45) is 2.05. The molecule has 6 nitrogen and oxygen atoms in total. The van der Waals surface area contributed by atoms with Gasteiger partial charge in [-0.15, -0.1) is 0 Å². The van der Waals surface area contributed by atoms with Crippen molar-refractivity contribution in [3.8, 4) is 0 Å². The third-order valence-electron chi connectivity index (χ3n) is 2.98. The Morgan fingerprint density at radius 3 is 2.70 bits per heavy atom. The van der Waals surface area contributed by atoms with E-state index in [1.54, 1.807) is 12.1 Å². The summed E-state index contributed by atoms with van der Waals surface area (Å²) in [6.45, 7) is 2.22. The highest BCUT2D eigenvalue weighted by Gasteiger charge is 2.21. The summed E-state index contributed by atoms with van der Waals surface area (Å²) < 4.78 is 4.64. The lowest BCUT2D eigenvalue weighted by atomic mass is 10.2. The van der Waals surface area contributed by atoms with Gasteiger partial charge in [0.15, 0.2) is 5.82 Å². The van der Waals surface area contributed by atoms with E-state index in [1.807, 2.05) is 6.92 Å².